The molecule has 38 heavy (non-hydrogen) atoms. The molecule has 3 aromatic rings. The summed E-state index contributed by atoms with van der Waals surface area (Å²) in [6.07, 6.45) is 8.45. The molecule has 2 aromatic carbocycles. The highest BCUT2D eigenvalue weighted by Crippen LogP contribution is 2.26. The van der Waals surface area contributed by atoms with E-state index >= 15 is 0 Å². The Balaban J connectivity index is 1.79. The molecule has 1 aromatic heterocycles. The first-order valence-electron chi connectivity index (χ1n) is 12.4. The third-order valence-corrected chi connectivity index (χ3v) is 6.46. The zero-order valence-electron chi connectivity index (χ0n) is 22.0. The van der Waals surface area contributed by atoms with Gasteiger partial charge >= 0.3 is 0 Å². The highest BCUT2D eigenvalue weighted by Gasteiger charge is 2.22. The van der Waals surface area contributed by atoms with Crippen LogP contribution in [0.1, 0.15) is 40.0 Å². The Morgan fingerprint density at radius 2 is 1.66 bits per heavy atom. The second-order valence-corrected chi connectivity index (χ2v) is 9.04. The van der Waals surface area contributed by atoms with Crippen LogP contribution in [0.2, 0.25) is 0 Å². The zero-order chi connectivity index (χ0) is 27.1. The fourth-order valence-electron chi connectivity index (χ4n) is 4.52. The van der Waals surface area contributed by atoms with Crippen LogP contribution < -0.4 is 30.8 Å². The fourth-order valence-corrected chi connectivity index (χ4v) is 4.52. The molecule has 0 saturated carbocycles. The molecule has 0 radical (unpaired) electrons. The lowest BCUT2D eigenvalue weighted by Crippen LogP contribution is -2.33. The lowest BCUT2D eigenvalue weighted by Gasteiger charge is -2.20. The first kappa shape index (κ1) is 26.6. The van der Waals surface area contributed by atoms with Crippen molar-refractivity contribution in [3.05, 3.63) is 105 Å². The Bertz CT molecular complexity index is 1420. The molecule has 3 N–H and O–H groups in total. The summed E-state index contributed by atoms with van der Waals surface area (Å²) in [6, 6.07) is 14.3. The monoisotopic (exact) mass is 515 g/mol. The number of nitrogens with zero attached hydrogens (tertiary/aromatic N) is 1. The average Bonchev–Trinajstić information content (AvgIpc) is 2.94. The Hall–Kier alpha value is -4.46. The Labute approximate surface area is 222 Å². The van der Waals surface area contributed by atoms with Crippen LogP contribution in [0, 0.1) is 0 Å². The van der Waals surface area contributed by atoms with E-state index in [0.717, 1.165) is 29.5 Å². The number of ether oxygens (including phenoxy) is 3. The first-order valence-corrected chi connectivity index (χ1v) is 12.4. The van der Waals surface area contributed by atoms with E-state index in [4.69, 9.17) is 19.9 Å². The van der Waals surface area contributed by atoms with E-state index in [-0.39, 0.29) is 29.3 Å². The van der Waals surface area contributed by atoms with Crippen molar-refractivity contribution in [3.8, 4) is 17.2 Å². The summed E-state index contributed by atoms with van der Waals surface area (Å²) < 4.78 is 17.8. The van der Waals surface area contributed by atoms with Gasteiger partial charge in [0.25, 0.3) is 11.5 Å². The number of nitrogens with two attached hydrogens (primary N) is 1. The summed E-state index contributed by atoms with van der Waals surface area (Å²) in [4.78, 5) is 26.8. The van der Waals surface area contributed by atoms with Crippen LogP contribution >= 0.6 is 0 Å². The van der Waals surface area contributed by atoms with Gasteiger partial charge in [0.1, 0.15) is 17.2 Å². The predicted molar refractivity (Wildman–Crippen MR) is 148 cm³/mol. The van der Waals surface area contributed by atoms with E-state index in [9.17, 15) is 9.59 Å². The highest BCUT2D eigenvalue weighted by atomic mass is 16.5. The van der Waals surface area contributed by atoms with Gasteiger partial charge in [-0.1, -0.05) is 30.4 Å². The van der Waals surface area contributed by atoms with E-state index in [1.165, 1.54) is 6.07 Å². The number of hydrogen-bond acceptors (Lipinski definition) is 6. The minimum atomic E-state index is -0.336. The average molecular weight is 516 g/mol. The molecular formula is C30H33N3O5. The molecule has 0 fully saturated rings. The van der Waals surface area contributed by atoms with Crippen LogP contribution in [0.15, 0.2) is 77.1 Å². The Kier molecular flexibility index (Phi) is 8.53. The van der Waals surface area contributed by atoms with Gasteiger partial charge in [0.2, 0.25) is 0 Å². The molecular weight excluding hydrogens is 482 g/mol. The van der Waals surface area contributed by atoms with E-state index in [0.29, 0.717) is 35.9 Å². The van der Waals surface area contributed by atoms with Crippen molar-refractivity contribution in [3.63, 3.8) is 0 Å². The number of carbonyl (C=O) groups excluding carboxylic acids is 1. The van der Waals surface area contributed by atoms with Crippen molar-refractivity contribution in [1.29, 1.82) is 0 Å². The molecule has 4 rings (SSSR count). The van der Waals surface area contributed by atoms with Crippen molar-refractivity contribution in [2.75, 3.05) is 33.6 Å². The van der Waals surface area contributed by atoms with Gasteiger partial charge in [-0.3, -0.25) is 9.59 Å². The molecule has 8 heteroatoms. The van der Waals surface area contributed by atoms with E-state index in [2.05, 4.69) is 17.5 Å². The van der Waals surface area contributed by atoms with Crippen molar-refractivity contribution in [2.24, 2.45) is 0 Å². The van der Waals surface area contributed by atoms with Crippen LogP contribution in [0.3, 0.4) is 0 Å². The standard InChI is InChI=1S/C30H33N3O5/c1-36-23-11-7-10-21(12-23)15-27-29(30(35)32-18-20-8-5-4-6-9-20)26(31)17-28(34)33(27)19-22-13-24(37-2)16-25(14-22)38-3/h5,7-14,16-17H,4,6,15,18-19,31H2,1-3H3,(H,32,35). The number of amides is 1. The van der Waals surface area contributed by atoms with Gasteiger partial charge in [0, 0.05) is 30.8 Å². The quantitative estimate of drug-likeness (QED) is 0.421. The number of pyridine rings is 1. The van der Waals surface area contributed by atoms with Gasteiger partial charge in [-0.2, -0.15) is 0 Å². The second-order valence-electron chi connectivity index (χ2n) is 9.04. The molecule has 0 bridgehead atoms. The molecule has 0 aliphatic heterocycles. The van der Waals surface area contributed by atoms with Crippen LogP contribution in [0.5, 0.6) is 17.2 Å². The van der Waals surface area contributed by atoms with Gasteiger partial charge in [0.05, 0.1) is 39.1 Å². The van der Waals surface area contributed by atoms with Crippen molar-refractivity contribution < 1.29 is 19.0 Å². The molecule has 8 nitrogen and oxygen atoms in total. The normalized spacial score (nSPS) is 12.6. The lowest BCUT2D eigenvalue weighted by atomic mass is 10.0. The number of carbonyl (C=O) groups is 1. The number of methoxy groups -OCH3 is 3. The molecule has 1 amide bonds. The number of rotatable bonds is 10. The highest BCUT2D eigenvalue weighted by molar-refractivity contribution is 6.00. The number of hydrogen-bond donors (Lipinski definition) is 2. The van der Waals surface area contributed by atoms with Gasteiger partial charge in [-0.15, -0.1) is 0 Å². The smallest absolute Gasteiger partial charge is 0.255 e. The van der Waals surface area contributed by atoms with Crippen LogP contribution in [-0.4, -0.2) is 38.3 Å². The third kappa shape index (κ3) is 6.26. The second kappa shape index (κ2) is 12.2. The van der Waals surface area contributed by atoms with Crippen molar-refractivity contribution in [2.45, 2.75) is 25.8 Å². The minimum Gasteiger partial charge on any atom is -0.497 e. The van der Waals surface area contributed by atoms with Crippen LogP contribution in [-0.2, 0) is 13.0 Å². The molecule has 1 heterocycles. The van der Waals surface area contributed by atoms with E-state index < -0.39 is 0 Å². The fraction of sp³-hybridized carbons (Fsp3) is 0.267. The Morgan fingerprint density at radius 3 is 2.32 bits per heavy atom. The van der Waals surface area contributed by atoms with E-state index in [1.807, 2.05) is 42.5 Å². The molecule has 0 spiro atoms. The largest absolute Gasteiger partial charge is 0.497 e. The van der Waals surface area contributed by atoms with Gasteiger partial charge in [-0.25, -0.2) is 0 Å². The summed E-state index contributed by atoms with van der Waals surface area (Å²) in [5.41, 5.74) is 9.64. The maximum Gasteiger partial charge on any atom is 0.255 e. The number of aromatic nitrogens is 1. The molecule has 198 valence electrons. The summed E-state index contributed by atoms with van der Waals surface area (Å²) in [5, 5.41) is 2.99. The van der Waals surface area contributed by atoms with Gasteiger partial charge in [0.15, 0.2) is 0 Å². The summed E-state index contributed by atoms with van der Waals surface area (Å²) in [7, 11) is 4.74. The molecule has 1 aliphatic rings. The summed E-state index contributed by atoms with van der Waals surface area (Å²) >= 11 is 0. The number of anilines is 1. The minimum absolute atomic E-state index is 0.137. The Morgan fingerprint density at radius 1 is 0.947 bits per heavy atom. The van der Waals surface area contributed by atoms with E-state index in [1.54, 1.807) is 32.0 Å². The predicted octanol–water partition coefficient (Wildman–Crippen LogP) is 4.10. The van der Waals surface area contributed by atoms with Crippen LogP contribution in [0.25, 0.3) is 0 Å². The molecule has 0 saturated heterocycles. The number of nitrogen functional groups attached to an aromatic ring is 1. The molecule has 1 aliphatic carbocycles. The number of benzene rings is 2. The molecule has 0 atom stereocenters. The SMILES string of the molecule is COc1cccc(Cc2c(C(=O)NCC3=CCCC=C3)c(N)cc(=O)n2Cc2cc(OC)cc(OC)c2)c1. The van der Waals surface area contributed by atoms with Crippen molar-refractivity contribution in [1.82, 2.24) is 9.88 Å². The topological polar surface area (TPSA) is 105 Å². The van der Waals surface area contributed by atoms with Gasteiger partial charge in [-0.05, 0) is 53.8 Å². The lowest BCUT2D eigenvalue weighted by molar-refractivity contribution is 0.0956. The van der Waals surface area contributed by atoms with Crippen molar-refractivity contribution >= 4 is 11.6 Å². The van der Waals surface area contributed by atoms with Gasteiger partial charge < -0.3 is 29.8 Å². The maximum absolute atomic E-state index is 13.5. The zero-order valence-corrected chi connectivity index (χ0v) is 22.0. The van der Waals surface area contributed by atoms with Crippen LogP contribution in [0.4, 0.5) is 5.69 Å². The third-order valence-electron chi connectivity index (χ3n) is 6.46. The first-order chi connectivity index (χ1) is 18.4. The number of nitrogens with one attached hydrogen (secondary N) is 1. The maximum atomic E-state index is 13.5. The summed E-state index contributed by atoms with van der Waals surface area (Å²) in [5.74, 6) is 1.55. The number of allylic oxidation sites excluding steroid dienone is 2. The molecule has 0 unspecified atom stereocenters. The summed E-state index contributed by atoms with van der Waals surface area (Å²) in [6.45, 7) is 0.569.